The molecular formula is C16H21NOS. The first kappa shape index (κ1) is 14.3. The van der Waals surface area contributed by atoms with Gasteiger partial charge in [0, 0.05) is 22.9 Å². The molecule has 0 radical (unpaired) electrons. The minimum Gasteiger partial charge on any atom is -0.375 e. The van der Waals surface area contributed by atoms with Crippen molar-refractivity contribution in [3.8, 4) is 0 Å². The molecule has 0 aliphatic heterocycles. The molecule has 0 amide bonds. The third-order valence-corrected chi connectivity index (χ3v) is 4.53. The molecule has 2 nitrogen and oxygen atoms in total. The summed E-state index contributed by atoms with van der Waals surface area (Å²) in [5.74, 6) is 0. The highest BCUT2D eigenvalue weighted by atomic mass is 32.1. The van der Waals surface area contributed by atoms with Gasteiger partial charge in [-0.25, -0.2) is 0 Å². The van der Waals surface area contributed by atoms with Crippen LogP contribution in [0.3, 0.4) is 0 Å². The van der Waals surface area contributed by atoms with Gasteiger partial charge in [0.2, 0.25) is 0 Å². The van der Waals surface area contributed by atoms with Crippen LogP contribution in [0.4, 0.5) is 0 Å². The Kier molecular flexibility index (Phi) is 5.14. The smallest absolute Gasteiger partial charge is 0.0975 e. The van der Waals surface area contributed by atoms with E-state index >= 15 is 0 Å². The van der Waals surface area contributed by atoms with Crippen LogP contribution >= 0.6 is 11.3 Å². The van der Waals surface area contributed by atoms with Crippen molar-refractivity contribution in [3.63, 3.8) is 0 Å². The normalized spacial score (nSPS) is 14.3. The first-order chi connectivity index (χ1) is 9.24. The van der Waals surface area contributed by atoms with Crippen LogP contribution in [0.15, 0.2) is 42.5 Å². The average molecular weight is 275 g/mol. The van der Waals surface area contributed by atoms with Gasteiger partial charge >= 0.3 is 0 Å². The number of hydrogen-bond acceptors (Lipinski definition) is 3. The standard InChI is InChI=1S/C16H21NOS/c1-3-13-9-10-14(19-13)11-15(17)16(18-2)12-7-5-4-6-8-12/h4-10,15-16H,3,11,17H2,1-2H3. The summed E-state index contributed by atoms with van der Waals surface area (Å²) in [5.41, 5.74) is 7.47. The number of aryl methyl sites for hydroxylation is 1. The van der Waals surface area contributed by atoms with Crippen molar-refractivity contribution >= 4 is 11.3 Å². The number of thiophene rings is 1. The summed E-state index contributed by atoms with van der Waals surface area (Å²) in [6.45, 7) is 2.18. The summed E-state index contributed by atoms with van der Waals surface area (Å²) >= 11 is 1.85. The second-order valence-electron chi connectivity index (χ2n) is 4.66. The number of rotatable bonds is 6. The molecule has 102 valence electrons. The highest BCUT2D eigenvalue weighted by molar-refractivity contribution is 7.11. The summed E-state index contributed by atoms with van der Waals surface area (Å²) in [4.78, 5) is 2.75. The van der Waals surface area contributed by atoms with Gasteiger partial charge in [-0.1, -0.05) is 37.3 Å². The minimum atomic E-state index is -0.0478. The van der Waals surface area contributed by atoms with Crippen LogP contribution in [-0.2, 0) is 17.6 Å². The van der Waals surface area contributed by atoms with Crippen LogP contribution in [0, 0.1) is 0 Å². The molecule has 3 heteroatoms. The summed E-state index contributed by atoms with van der Waals surface area (Å²) in [6, 6.07) is 14.5. The Bertz CT molecular complexity index is 494. The Morgan fingerprint density at radius 3 is 2.37 bits per heavy atom. The van der Waals surface area contributed by atoms with Crippen molar-refractivity contribution in [2.45, 2.75) is 31.9 Å². The van der Waals surface area contributed by atoms with Crippen LogP contribution in [0.25, 0.3) is 0 Å². The van der Waals surface area contributed by atoms with E-state index in [1.165, 1.54) is 9.75 Å². The molecule has 0 bridgehead atoms. The van der Waals surface area contributed by atoms with Crippen LogP contribution in [0.5, 0.6) is 0 Å². The fraction of sp³-hybridized carbons (Fsp3) is 0.375. The topological polar surface area (TPSA) is 35.2 Å². The van der Waals surface area contributed by atoms with E-state index in [1.54, 1.807) is 7.11 Å². The molecule has 0 aliphatic carbocycles. The Morgan fingerprint density at radius 2 is 1.79 bits per heavy atom. The van der Waals surface area contributed by atoms with Crippen LogP contribution < -0.4 is 5.73 Å². The largest absolute Gasteiger partial charge is 0.375 e. The van der Waals surface area contributed by atoms with E-state index in [0.717, 1.165) is 18.4 Å². The molecule has 2 unspecified atom stereocenters. The van der Waals surface area contributed by atoms with E-state index in [-0.39, 0.29) is 12.1 Å². The molecule has 0 spiro atoms. The number of hydrogen-bond donors (Lipinski definition) is 1. The Labute approximate surface area is 119 Å². The fourth-order valence-corrected chi connectivity index (χ4v) is 3.29. The van der Waals surface area contributed by atoms with Crippen molar-refractivity contribution < 1.29 is 4.74 Å². The number of benzene rings is 1. The lowest BCUT2D eigenvalue weighted by Crippen LogP contribution is -2.31. The summed E-state index contributed by atoms with van der Waals surface area (Å²) in [5, 5.41) is 0. The zero-order valence-electron chi connectivity index (χ0n) is 11.5. The molecule has 0 saturated carbocycles. The van der Waals surface area contributed by atoms with E-state index in [0.29, 0.717) is 0 Å². The molecule has 1 heterocycles. The van der Waals surface area contributed by atoms with Crippen LogP contribution in [0.1, 0.15) is 28.3 Å². The quantitative estimate of drug-likeness (QED) is 0.874. The van der Waals surface area contributed by atoms with Gasteiger partial charge in [-0.3, -0.25) is 0 Å². The second kappa shape index (κ2) is 6.85. The summed E-state index contributed by atoms with van der Waals surface area (Å²) in [7, 11) is 1.73. The molecule has 1 aromatic heterocycles. The molecule has 2 aromatic rings. The number of nitrogens with two attached hydrogens (primary N) is 1. The third kappa shape index (κ3) is 3.66. The lowest BCUT2D eigenvalue weighted by molar-refractivity contribution is 0.0805. The van der Waals surface area contributed by atoms with Gasteiger partial charge in [-0.15, -0.1) is 11.3 Å². The maximum atomic E-state index is 6.32. The second-order valence-corrected chi connectivity index (χ2v) is 5.91. The maximum absolute atomic E-state index is 6.32. The lowest BCUT2D eigenvalue weighted by atomic mass is 10.00. The van der Waals surface area contributed by atoms with Crippen LogP contribution in [-0.4, -0.2) is 13.2 Å². The molecular weight excluding hydrogens is 254 g/mol. The predicted octanol–water partition coefficient (Wildman–Crippen LogP) is 3.57. The van der Waals surface area contributed by atoms with Gasteiger partial charge in [-0.2, -0.15) is 0 Å². The van der Waals surface area contributed by atoms with Crippen molar-refractivity contribution in [1.29, 1.82) is 0 Å². The molecule has 0 fully saturated rings. The monoisotopic (exact) mass is 275 g/mol. The molecule has 2 rings (SSSR count). The van der Waals surface area contributed by atoms with Crippen molar-refractivity contribution in [1.82, 2.24) is 0 Å². The van der Waals surface area contributed by atoms with Crippen molar-refractivity contribution in [2.24, 2.45) is 5.73 Å². The van der Waals surface area contributed by atoms with E-state index in [2.05, 4.69) is 31.2 Å². The average Bonchev–Trinajstić information content (AvgIpc) is 2.88. The number of ether oxygens (including phenoxy) is 1. The van der Waals surface area contributed by atoms with Crippen molar-refractivity contribution in [3.05, 3.63) is 57.8 Å². The first-order valence-corrected chi connectivity index (χ1v) is 7.47. The third-order valence-electron chi connectivity index (χ3n) is 3.27. The van der Waals surface area contributed by atoms with Gasteiger partial charge in [0.1, 0.15) is 0 Å². The van der Waals surface area contributed by atoms with Crippen molar-refractivity contribution in [2.75, 3.05) is 7.11 Å². The lowest BCUT2D eigenvalue weighted by Gasteiger charge is -2.22. The highest BCUT2D eigenvalue weighted by Gasteiger charge is 2.20. The Balaban J connectivity index is 2.06. The molecule has 2 atom stereocenters. The molecule has 0 saturated heterocycles. The van der Waals surface area contributed by atoms with Gasteiger partial charge in [-0.05, 0) is 30.5 Å². The zero-order chi connectivity index (χ0) is 13.7. The van der Waals surface area contributed by atoms with Gasteiger partial charge in [0.05, 0.1) is 6.10 Å². The van der Waals surface area contributed by atoms with Crippen LogP contribution in [0.2, 0.25) is 0 Å². The first-order valence-electron chi connectivity index (χ1n) is 6.65. The van der Waals surface area contributed by atoms with E-state index in [4.69, 9.17) is 10.5 Å². The minimum absolute atomic E-state index is 0.0178. The van der Waals surface area contributed by atoms with Gasteiger partial charge in [0.15, 0.2) is 0 Å². The predicted molar refractivity (Wildman–Crippen MR) is 81.6 cm³/mol. The Hall–Kier alpha value is -1.16. The molecule has 0 aliphatic rings. The maximum Gasteiger partial charge on any atom is 0.0975 e. The Morgan fingerprint density at radius 1 is 1.11 bits per heavy atom. The van der Waals surface area contributed by atoms with Gasteiger partial charge < -0.3 is 10.5 Å². The summed E-state index contributed by atoms with van der Waals surface area (Å²) < 4.78 is 5.58. The van der Waals surface area contributed by atoms with Gasteiger partial charge in [0.25, 0.3) is 0 Å². The number of methoxy groups -OCH3 is 1. The molecule has 19 heavy (non-hydrogen) atoms. The fourth-order valence-electron chi connectivity index (χ4n) is 2.26. The molecule has 1 aromatic carbocycles. The summed E-state index contributed by atoms with van der Waals surface area (Å²) in [6.07, 6.45) is 1.90. The molecule has 2 N–H and O–H groups in total. The SMILES string of the molecule is CCc1ccc(CC(N)C(OC)c2ccccc2)s1. The van der Waals surface area contributed by atoms with E-state index < -0.39 is 0 Å². The highest BCUT2D eigenvalue weighted by Crippen LogP contribution is 2.24. The zero-order valence-corrected chi connectivity index (χ0v) is 12.3. The van der Waals surface area contributed by atoms with E-state index in [9.17, 15) is 0 Å². The van der Waals surface area contributed by atoms with E-state index in [1.807, 2.05) is 29.5 Å².